The van der Waals surface area contributed by atoms with Crippen molar-refractivity contribution in [2.45, 2.75) is 46.5 Å². The maximum absolute atomic E-state index is 12.6. The first-order valence-corrected chi connectivity index (χ1v) is 10.9. The summed E-state index contributed by atoms with van der Waals surface area (Å²) in [5, 5.41) is 13.1. The van der Waals surface area contributed by atoms with Gasteiger partial charge in [-0.1, -0.05) is 43.7 Å². The summed E-state index contributed by atoms with van der Waals surface area (Å²) in [5.41, 5.74) is 7.08. The van der Waals surface area contributed by atoms with Crippen LogP contribution in [0.3, 0.4) is 0 Å². The zero-order valence-electron chi connectivity index (χ0n) is 18.4. The number of nitrogens with one attached hydrogen (secondary N) is 1. The summed E-state index contributed by atoms with van der Waals surface area (Å²) in [6.07, 6.45) is 2.78. The highest BCUT2D eigenvalue weighted by molar-refractivity contribution is 5.85. The van der Waals surface area contributed by atoms with Gasteiger partial charge in [0.15, 0.2) is 5.78 Å². The van der Waals surface area contributed by atoms with Crippen LogP contribution in [0.1, 0.15) is 41.9 Å². The number of hydrogen-bond acceptors (Lipinski definition) is 5. The van der Waals surface area contributed by atoms with Crippen molar-refractivity contribution in [3.05, 3.63) is 70.5 Å². The van der Waals surface area contributed by atoms with Crippen molar-refractivity contribution in [1.82, 2.24) is 9.97 Å². The number of carbonyl (C=O) groups is 1. The molecular formula is C26H29N3O2. The van der Waals surface area contributed by atoms with Gasteiger partial charge in [-0.15, -0.1) is 0 Å². The van der Waals surface area contributed by atoms with Crippen LogP contribution >= 0.6 is 0 Å². The Balaban J connectivity index is 1.56. The van der Waals surface area contributed by atoms with E-state index >= 15 is 0 Å². The van der Waals surface area contributed by atoms with E-state index in [9.17, 15) is 9.90 Å². The molecule has 1 aliphatic carbocycles. The number of ketones is 1. The van der Waals surface area contributed by atoms with Gasteiger partial charge in [-0.25, -0.2) is 9.97 Å². The molecular weight excluding hydrogens is 386 g/mol. The van der Waals surface area contributed by atoms with E-state index in [0.29, 0.717) is 18.2 Å². The molecule has 0 fully saturated rings. The van der Waals surface area contributed by atoms with Crippen molar-refractivity contribution in [2.75, 3.05) is 11.9 Å². The van der Waals surface area contributed by atoms with E-state index < -0.39 is 0 Å². The number of aryl methyl sites for hydroxylation is 3. The van der Waals surface area contributed by atoms with Gasteiger partial charge < -0.3 is 10.4 Å². The van der Waals surface area contributed by atoms with Crippen molar-refractivity contribution in [3.8, 4) is 17.0 Å². The predicted octanol–water partition coefficient (Wildman–Crippen LogP) is 4.68. The topological polar surface area (TPSA) is 75.1 Å². The van der Waals surface area contributed by atoms with Crippen LogP contribution in [0.25, 0.3) is 11.3 Å². The fourth-order valence-electron chi connectivity index (χ4n) is 4.01. The molecule has 0 radical (unpaired) electrons. The molecule has 3 aromatic rings. The average molecular weight is 416 g/mol. The van der Waals surface area contributed by atoms with Crippen LogP contribution in [-0.2, 0) is 30.5 Å². The maximum atomic E-state index is 12.6. The fourth-order valence-corrected chi connectivity index (χ4v) is 4.01. The van der Waals surface area contributed by atoms with Gasteiger partial charge in [0.25, 0.3) is 0 Å². The molecule has 160 valence electrons. The second-order valence-corrected chi connectivity index (χ2v) is 8.81. The minimum Gasteiger partial charge on any atom is -0.508 e. The first-order chi connectivity index (χ1) is 14.9. The smallest absolute Gasteiger partial charge is 0.156 e. The van der Waals surface area contributed by atoms with Crippen molar-refractivity contribution in [1.29, 1.82) is 0 Å². The Hall–Kier alpha value is -3.21. The standard InChI is InChI=1S/C26H29N3O2/c1-16(2)12-24-26(27-15-21(31)13-18-6-4-17(3)5-7-18)29-23-11-8-19-14-20(30)9-10-22(19)25(23)28-24/h4-7,9-10,14,16,30H,8,11-13,15H2,1-3H3,(H,27,29). The summed E-state index contributed by atoms with van der Waals surface area (Å²) in [6.45, 7) is 6.58. The Labute approximate surface area is 183 Å². The summed E-state index contributed by atoms with van der Waals surface area (Å²) >= 11 is 0. The molecule has 31 heavy (non-hydrogen) atoms. The largest absolute Gasteiger partial charge is 0.508 e. The Morgan fingerprint density at radius 3 is 2.61 bits per heavy atom. The number of nitrogens with zero attached hydrogens (tertiary/aromatic N) is 2. The summed E-state index contributed by atoms with van der Waals surface area (Å²) < 4.78 is 0. The summed E-state index contributed by atoms with van der Waals surface area (Å²) in [5.74, 6) is 1.54. The normalized spacial score (nSPS) is 12.4. The number of phenols is 1. The second-order valence-electron chi connectivity index (χ2n) is 8.81. The number of carbonyl (C=O) groups excluding carboxylic acids is 1. The Kier molecular flexibility index (Phi) is 6.03. The predicted molar refractivity (Wildman–Crippen MR) is 123 cm³/mol. The number of Topliss-reactive ketones (excluding diaryl/α,β-unsaturated/α-hetero) is 1. The highest BCUT2D eigenvalue weighted by Gasteiger charge is 2.22. The number of rotatable bonds is 7. The maximum Gasteiger partial charge on any atom is 0.156 e. The molecule has 5 nitrogen and oxygen atoms in total. The van der Waals surface area contributed by atoms with Gasteiger partial charge in [0.1, 0.15) is 11.6 Å². The quantitative estimate of drug-likeness (QED) is 0.586. The number of anilines is 1. The minimum atomic E-state index is 0.125. The lowest BCUT2D eigenvalue weighted by Gasteiger charge is -2.21. The van der Waals surface area contributed by atoms with Crippen LogP contribution in [-0.4, -0.2) is 27.4 Å². The fraction of sp³-hybridized carbons (Fsp3) is 0.346. The van der Waals surface area contributed by atoms with E-state index in [1.54, 1.807) is 6.07 Å². The van der Waals surface area contributed by atoms with Crippen molar-refractivity contribution < 1.29 is 9.90 Å². The molecule has 1 heterocycles. The summed E-state index contributed by atoms with van der Waals surface area (Å²) in [7, 11) is 0. The molecule has 1 aliphatic rings. The van der Waals surface area contributed by atoms with Crippen LogP contribution in [0.4, 0.5) is 5.82 Å². The van der Waals surface area contributed by atoms with Gasteiger partial charge >= 0.3 is 0 Å². The highest BCUT2D eigenvalue weighted by Crippen LogP contribution is 2.34. The van der Waals surface area contributed by atoms with Crippen LogP contribution in [0.5, 0.6) is 5.75 Å². The summed E-state index contributed by atoms with van der Waals surface area (Å²) in [4.78, 5) is 22.4. The Morgan fingerprint density at radius 2 is 1.87 bits per heavy atom. The third-order valence-corrected chi connectivity index (χ3v) is 5.59. The number of aromatic hydroxyl groups is 1. The van der Waals surface area contributed by atoms with Gasteiger partial charge in [-0.3, -0.25) is 4.79 Å². The number of hydrogen-bond donors (Lipinski definition) is 2. The molecule has 0 saturated heterocycles. The van der Waals surface area contributed by atoms with E-state index in [4.69, 9.17) is 9.97 Å². The SMILES string of the molecule is Cc1ccc(CC(=O)CNc2nc3c(nc2CC(C)C)-c2ccc(O)cc2CC3)cc1. The molecule has 0 atom stereocenters. The minimum absolute atomic E-state index is 0.125. The summed E-state index contributed by atoms with van der Waals surface area (Å²) in [6, 6.07) is 13.5. The Bertz CT molecular complexity index is 1100. The number of fused-ring (bicyclic) bond motifs is 3. The van der Waals surface area contributed by atoms with E-state index in [1.165, 1.54) is 5.56 Å². The second kappa shape index (κ2) is 8.88. The lowest BCUT2D eigenvalue weighted by Crippen LogP contribution is -2.20. The van der Waals surface area contributed by atoms with Crippen molar-refractivity contribution in [2.24, 2.45) is 5.92 Å². The molecule has 5 heteroatoms. The first kappa shape index (κ1) is 21.0. The molecule has 0 saturated carbocycles. The van der Waals surface area contributed by atoms with Crippen LogP contribution < -0.4 is 5.32 Å². The zero-order chi connectivity index (χ0) is 22.0. The molecule has 1 aromatic heterocycles. The third kappa shape index (κ3) is 4.93. The average Bonchev–Trinajstić information content (AvgIpc) is 2.73. The monoisotopic (exact) mass is 415 g/mol. The van der Waals surface area contributed by atoms with Crippen LogP contribution in [0.15, 0.2) is 42.5 Å². The Morgan fingerprint density at radius 1 is 1.10 bits per heavy atom. The molecule has 0 spiro atoms. The first-order valence-electron chi connectivity index (χ1n) is 10.9. The molecule has 0 amide bonds. The third-order valence-electron chi connectivity index (χ3n) is 5.59. The molecule has 0 unspecified atom stereocenters. The van der Waals surface area contributed by atoms with Gasteiger partial charge in [0.05, 0.1) is 23.6 Å². The zero-order valence-corrected chi connectivity index (χ0v) is 18.4. The molecule has 2 aromatic carbocycles. The van der Waals surface area contributed by atoms with E-state index in [-0.39, 0.29) is 18.1 Å². The van der Waals surface area contributed by atoms with Gasteiger partial charge in [0.2, 0.25) is 0 Å². The van der Waals surface area contributed by atoms with E-state index in [0.717, 1.165) is 53.0 Å². The lowest BCUT2D eigenvalue weighted by atomic mass is 9.91. The lowest BCUT2D eigenvalue weighted by molar-refractivity contribution is -0.116. The number of benzene rings is 2. The molecule has 2 N–H and O–H groups in total. The van der Waals surface area contributed by atoms with Crippen molar-refractivity contribution in [3.63, 3.8) is 0 Å². The van der Waals surface area contributed by atoms with Gasteiger partial charge in [-0.05, 0) is 61.4 Å². The molecule has 4 rings (SSSR count). The van der Waals surface area contributed by atoms with Crippen LogP contribution in [0, 0.1) is 12.8 Å². The number of phenolic OH excluding ortho intramolecular Hbond substituents is 1. The van der Waals surface area contributed by atoms with Gasteiger partial charge in [-0.2, -0.15) is 0 Å². The highest BCUT2D eigenvalue weighted by atomic mass is 16.3. The number of aromatic nitrogens is 2. The molecule has 0 bridgehead atoms. The van der Waals surface area contributed by atoms with E-state index in [2.05, 4.69) is 19.2 Å². The van der Waals surface area contributed by atoms with Crippen molar-refractivity contribution >= 4 is 11.6 Å². The molecule has 0 aliphatic heterocycles. The van der Waals surface area contributed by atoms with Crippen LogP contribution in [0.2, 0.25) is 0 Å². The van der Waals surface area contributed by atoms with E-state index in [1.807, 2.05) is 43.3 Å². The van der Waals surface area contributed by atoms with Gasteiger partial charge in [0, 0.05) is 12.0 Å².